The molecule has 0 aromatic heterocycles. The molecule has 3 N–H and O–H groups in total. The first kappa shape index (κ1) is 37.1. The third-order valence-electron chi connectivity index (χ3n) is 8.20. The zero-order valence-electron chi connectivity index (χ0n) is 27.9. The van der Waals surface area contributed by atoms with Gasteiger partial charge in [-0.25, -0.2) is 4.79 Å². The number of esters is 1. The summed E-state index contributed by atoms with van der Waals surface area (Å²) in [5, 5.41) is 14.6. The second kappa shape index (κ2) is 17.5. The highest BCUT2D eigenvalue weighted by Gasteiger charge is 2.54. The van der Waals surface area contributed by atoms with E-state index < -0.39 is 58.6 Å². The van der Waals surface area contributed by atoms with Crippen molar-refractivity contribution in [2.75, 3.05) is 5.75 Å². The Kier molecular flexibility index (Phi) is 14.2. The normalized spacial score (nSPS) is 19.1. The lowest BCUT2D eigenvalue weighted by atomic mass is 9.97. The average molecular weight is 658 g/mol. The molecule has 3 rings (SSSR count). The van der Waals surface area contributed by atoms with Gasteiger partial charge in [0.2, 0.25) is 11.8 Å². The molecule has 1 saturated heterocycles. The molecule has 254 valence electrons. The van der Waals surface area contributed by atoms with Crippen molar-refractivity contribution in [1.82, 2.24) is 15.5 Å². The van der Waals surface area contributed by atoms with E-state index in [0.717, 1.165) is 19.3 Å². The summed E-state index contributed by atoms with van der Waals surface area (Å²) in [4.78, 5) is 66.7. The average Bonchev–Trinajstić information content (AvgIpc) is 3.00. The van der Waals surface area contributed by atoms with Crippen LogP contribution < -0.4 is 10.6 Å². The van der Waals surface area contributed by atoms with E-state index in [9.17, 15) is 29.1 Å². The van der Waals surface area contributed by atoms with Gasteiger partial charge >= 0.3 is 11.9 Å². The molecule has 46 heavy (non-hydrogen) atoms. The van der Waals surface area contributed by atoms with Gasteiger partial charge in [-0.3, -0.25) is 24.1 Å². The molecule has 0 bridgehead atoms. The minimum absolute atomic E-state index is 0.0562. The fourth-order valence-corrected chi connectivity index (χ4v) is 7.06. The second-order valence-electron chi connectivity index (χ2n) is 13.2. The van der Waals surface area contributed by atoms with Crippen LogP contribution in [0.3, 0.4) is 0 Å². The quantitative estimate of drug-likeness (QED) is 0.0770. The first-order valence-corrected chi connectivity index (χ1v) is 17.7. The number of carboxylic acid groups (broad SMARTS) is 1. The minimum atomic E-state index is -1.19. The number of nitrogens with one attached hydrogen (secondary N) is 2. The zero-order chi connectivity index (χ0) is 33.9. The predicted octanol–water partition coefficient (Wildman–Crippen LogP) is 5.87. The number of hydrogen-bond acceptors (Lipinski definition) is 7. The third kappa shape index (κ3) is 10.3. The lowest BCUT2D eigenvalue weighted by Gasteiger charge is -2.49. The van der Waals surface area contributed by atoms with Crippen molar-refractivity contribution < 1.29 is 33.8 Å². The molecule has 2 unspecified atom stereocenters. The lowest BCUT2D eigenvalue weighted by molar-refractivity contribution is -0.163. The molecule has 11 heteroatoms. The summed E-state index contributed by atoms with van der Waals surface area (Å²) < 4.78 is 5.61. The van der Waals surface area contributed by atoms with Crippen molar-refractivity contribution >= 4 is 41.4 Å². The lowest BCUT2D eigenvalue weighted by Crippen LogP contribution is -2.71. The first-order chi connectivity index (χ1) is 21.9. The molecular weight excluding hydrogens is 606 g/mol. The van der Waals surface area contributed by atoms with Crippen LogP contribution in [0.5, 0.6) is 0 Å². The number of carboxylic acids is 1. The van der Waals surface area contributed by atoms with Gasteiger partial charge in [-0.1, -0.05) is 101 Å². The number of β-lactam (4-membered cyclic amide) rings is 1. The van der Waals surface area contributed by atoms with E-state index in [4.69, 9.17) is 4.74 Å². The number of rotatable bonds is 18. The molecule has 3 amide bonds. The van der Waals surface area contributed by atoms with Crippen molar-refractivity contribution in [3.8, 4) is 0 Å². The van der Waals surface area contributed by atoms with Gasteiger partial charge in [0.05, 0.1) is 0 Å². The number of carbonyl (C=O) groups excluding carboxylic acids is 4. The molecule has 1 aromatic rings. The van der Waals surface area contributed by atoms with Crippen LogP contribution >= 0.6 is 11.8 Å². The molecule has 0 saturated carbocycles. The number of nitrogens with zero attached hydrogens (tertiary/aromatic N) is 1. The minimum Gasteiger partial charge on any atom is -0.477 e. The molecule has 2 heterocycles. The number of ether oxygens (including phenoxy) is 1. The van der Waals surface area contributed by atoms with Crippen LogP contribution in [-0.2, 0) is 28.7 Å². The molecular formula is C35H51N3O7S. The molecule has 1 fully saturated rings. The number of benzene rings is 1. The topological polar surface area (TPSA) is 142 Å². The van der Waals surface area contributed by atoms with Gasteiger partial charge in [0.25, 0.3) is 5.91 Å². The van der Waals surface area contributed by atoms with E-state index in [1.54, 1.807) is 58.0 Å². The van der Waals surface area contributed by atoms with Crippen LogP contribution in [0.25, 0.3) is 0 Å². The summed E-state index contributed by atoms with van der Waals surface area (Å²) in [5.74, 6) is -4.28. The van der Waals surface area contributed by atoms with Crippen LogP contribution in [0.2, 0.25) is 0 Å². The van der Waals surface area contributed by atoms with Crippen molar-refractivity contribution in [2.45, 2.75) is 128 Å². The Morgan fingerprint density at radius 1 is 0.957 bits per heavy atom. The Balaban J connectivity index is 1.68. The molecule has 0 spiro atoms. The highest BCUT2D eigenvalue weighted by Crippen LogP contribution is 2.40. The molecule has 0 aliphatic carbocycles. The van der Waals surface area contributed by atoms with Crippen molar-refractivity contribution in [3.63, 3.8) is 0 Å². The second-order valence-corrected chi connectivity index (χ2v) is 14.3. The fourth-order valence-electron chi connectivity index (χ4n) is 5.77. The molecule has 2 aliphatic heterocycles. The SMILES string of the molecule is CCCCCCCCCCCCC(C(=O)NC(C(=O)N[C@@H]1C(=O)N2C(C(=O)O)=C(C)CS[C@H]12)c1ccccc1)C(=O)OC(C)(C)C. The van der Waals surface area contributed by atoms with Gasteiger partial charge in [0.1, 0.15) is 34.7 Å². The summed E-state index contributed by atoms with van der Waals surface area (Å²) in [7, 11) is 0. The van der Waals surface area contributed by atoms with Gasteiger partial charge in [0.15, 0.2) is 0 Å². The first-order valence-electron chi connectivity index (χ1n) is 16.6. The highest BCUT2D eigenvalue weighted by molar-refractivity contribution is 8.00. The summed E-state index contributed by atoms with van der Waals surface area (Å²) in [6, 6.07) is 6.49. The van der Waals surface area contributed by atoms with Crippen LogP contribution in [0.1, 0.15) is 117 Å². The Morgan fingerprint density at radius 2 is 1.54 bits per heavy atom. The van der Waals surface area contributed by atoms with Crippen molar-refractivity contribution in [2.24, 2.45) is 5.92 Å². The highest BCUT2D eigenvalue weighted by atomic mass is 32.2. The zero-order valence-corrected chi connectivity index (χ0v) is 28.8. The largest absolute Gasteiger partial charge is 0.477 e. The predicted molar refractivity (Wildman–Crippen MR) is 178 cm³/mol. The molecule has 4 atom stereocenters. The molecule has 0 radical (unpaired) electrons. The van der Waals surface area contributed by atoms with Crippen LogP contribution in [0, 0.1) is 5.92 Å². The van der Waals surface area contributed by atoms with E-state index in [0.29, 0.717) is 29.7 Å². The Morgan fingerprint density at radius 3 is 2.11 bits per heavy atom. The van der Waals surface area contributed by atoms with E-state index in [1.807, 2.05) is 0 Å². The monoisotopic (exact) mass is 657 g/mol. The maximum absolute atomic E-state index is 13.7. The summed E-state index contributed by atoms with van der Waals surface area (Å²) in [6.07, 6.45) is 11.4. The molecule has 2 aliphatic rings. The number of amides is 3. The van der Waals surface area contributed by atoms with E-state index >= 15 is 0 Å². The Hall–Kier alpha value is -3.34. The van der Waals surface area contributed by atoms with Gasteiger partial charge in [-0.05, 0) is 45.3 Å². The van der Waals surface area contributed by atoms with E-state index in [1.165, 1.54) is 55.2 Å². The summed E-state index contributed by atoms with van der Waals surface area (Å²) >= 11 is 1.37. The number of fused-ring (bicyclic) bond motifs is 1. The number of aliphatic carboxylic acids is 1. The third-order valence-corrected chi connectivity index (χ3v) is 9.62. The number of unbranched alkanes of at least 4 members (excludes halogenated alkanes) is 9. The van der Waals surface area contributed by atoms with Crippen molar-refractivity contribution in [1.29, 1.82) is 0 Å². The van der Waals surface area contributed by atoms with Gasteiger partial charge in [0, 0.05) is 5.75 Å². The number of carbonyl (C=O) groups is 5. The van der Waals surface area contributed by atoms with Gasteiger partial charge < -0.3 is 20.5 Å². The van der Waals surface area contributed by atoms with Crippen LogP contribution in [0.4, 0.5) is 0 Å². The Bertz CT molecular complexity index is 1260. The Labute approximate surface area is 277 Å². The fraction of sp³-hybridized carbons (Fsp3) is 0.629. The maximum atomic E-state index is 13.7. The van der Waals surface area contributed by atoms with Crippen LogP contribution in [0.15, 0.2) is 41.6 Å². The van der Waals surface area contributed by atoms with E-state index in [2.05, 4.69) is 17.6 Å². The molecule has 1 aromatic carbocycles. The maximum Gasteiger partial charge on any atom is 0.352 e. The number of hydrogen-bond donors (Lipinski definition) is 3. The van der Waals surface area contributed by atoms with Gasteiger partial charge in [-0.15, -0.1) is 11.8 Å². The summed E-state index contributed by atoms with van der Waals surface area (Å²) in [5.41, 5.74) is 0.215. The summed E-state index contributed by atoms with van der Waals surface area (Å²) in [6.45, 7) is 9.11. The van der Waals surface area contributed by atoms with Crippen LogP contribution in [-0.4, -0.2) is 62.4 Å². The van der Waals surface area contributed by atoms with Crippen molar-refractivity contribution in [3.05, 3.63) is 47.2 Å². The smallest absolute Gasteiger partial charge is 0.352 e. The van der Waals surface area contributed by atoms with E-state index in [-0.39, 0.29) is 5.70 Å². The molecule has 10 nitrogen and oxygen atoms in total. The van der Waals surface area contributed by atoms with Gasteiger partial charge in [-0.2, -0.15) is 0 Å². The number of thioether (sulfide) groups is 1. The standard InChI is InChI=1S/C35H51N3O7S/c1-6-7-8-9-10-11-12-13-14-18-21-25(34(44)45-35(3,4)5)29(39)36-26(24-19-16-15-17-20-24)30(40)37-27-31(41)38-28(33(42)43)23(2)22-46-32(27)38/h15-17,19-20,25-27,32H,6-14,18,21-22H2,1-5H3,(H,36,39)(H,37,40)(H,42,43)/t25?,26?,27-,32-/m1/s1.